The van der Waals surface area contributed by atoms with Crippen LogP contribution in [0.4, 0.5) is 21.5 Å². The predicted molar refractivity (Wildman–Crippen MR) is 80.8 cm³/mol. The van der Waals surface area contributed by atoms with Gasteiger partial charge in [-0.05, 0) is 36.4 Å². The first-order chi connectivity index (χ1) is 9.65. The van der Waals surface area contributed by atoms with E-state index in [1.165, 1.54) is 12.1 Å². The van der Waals surface area contributed by atoms with Gasteiger partial charge < -0.3 is 11.1 Å². The molecule has 0 saturated carbocycles. The number of fused-ring (bicyclic) bond motifs is 1. The van der Waals surface area contributed by atoms with Crippen LogP contribution in [0, 0.1) is 5.82 Å². The lowest BCUT2D eigenvalue weighted by atomic mass is 10.1. The third-order valence-electron chi connectivity index (χ3n) is 3.05. The van der Waals surface area contributed by atoms with Gasteiger partial charge >= 0.3 is 0 Å². The van der Waals surface area contributed by atoms with Gasteiger partial charge in [0, 0.05) is 40.2 Å². The molecule has 3 nitrogen and oxygen atoms in total. The number of rotatable bonds is 2. The Morgan fingerprint density at radius 3 is 2.75 bits per heavy atom. The number of nitrogens with two attached hydrogens (primary N) is 1. The molecule has 3 aromatic rings. The Balaban J connectivity index is 2.06. The smallest absolute Gasteiger partial charge is 0.143 e. The maximum Gasteiger partial charge on any atom is 0.143 e. The topological polar surface area (TPSA) is 50.9 Å². The molecule has 0 fully saturated rings. The molecule has 0 spiro atoms. The third-order valence-corrected chi connectivity index (χ3v) is 3.36. The first kappa shape index (κ1) is 12.7. The average Bonchev–Trinajstić information content (AvgIpc) is 2.46. The van der Waals surface area contributed by atoms with Crippen molar-refractivity contribution >= 4 is 39.4 Å². The minimum atomic E-state index is -0.460. The summed E-state index contributed by atoms with van der Waals surface area (Å²) in [6.07, 6.45) is 3.40. The average molecular weight is 288 g/mol. The SMILES string of the molecule is Nc1ccc(Nc2ccc(Cl)c(F)c2)c2ccncc12. The summed E-state index contributed by atoms with van der Waals surface area (Å²) in [5.41, 5.74) is 8.02. The molecule has 2 aromatic carbocycles. The summed E-state index contributed by atoms with van der Waals surface area (Å²) < 4.78 is 13.5. The molecule has 0 radical (unpaired) electrons. The standard InChI is InChI=1S/C15H11ClFN3/c16-12-2-1-9(7-13(12)17)20-15-4-3-14(18)11-8-19-6-5-10(11)15/h1-8,20H,18H2. The van der Waals surface area contributed by atoms with Crippen LogP contribution in [0.5, 0.6) is 0 Å². The number of halogens is 2. The maximum atomic E-state index is 13.5. The summed E-state index contributed by atoms with van der Waals surface area (Å²) >= 11 is 5.67. The van der Waals surface area contributed by atoms with Crippen LogP contribution < -0.4 is 11.1 Å². The van der Waals surface area contributed by atoms with Gasteiger partial charge in [0.05, 0.1) is 5.02 Å². The molecule has 5 heteroatoms. The summed E-state index contributed by atoms with van der Waals surface area (Å²) in [7, 11) is 0. The van der Waals surface area contributed by atoms with Crippen LogP contribution in [-0.4, -0.2) is 4.98 Å². The number of anilines is 3. The van der Waals surface area contributed by atoms with E-state index in [1.54, 1.807) is 24.5 Å². The number of benzene rings is 2. The van der Waals surface area contributed by atoms with Crippen molar-refractivity contribution in [2.45, 2.75) is 0 Å². The van der Waals surface area contributed by atoms with E-state index < -0.39 is 5.82 Å². The van der Waals surface area contributed by atoms with Gasteiger partial charge in [-0.2, -0.15) is 0 Å². The molecule has 1 heterocycles. The fourth-order valence-corrected chi connectivity index (χ4v) is 2.17. The fourth-order valence-electron chi connectivity index (χ4n) is 2.05. The molecule has 0 aliphatic rings. The quantitative estimate of drug-likeness (QED) is 0.689. The first-order valence-electron chi connectivity index (χ1n) is 5.99. The highest BCUT2D eigenvalue weighted by molar-refractivity contribution is 6.30. The molecule has 3 N–H and O–H groups in total. The number of nitrogen functional groups attached to an aromatic ring is 1. The molecular formula is C15H11ClFN3. The van der Waals surface area contributed by atoms with E-state index >= 15 is 0 Å². The van der Waals surface area contributed by atoms with Gasteiger partial charge in [-0.25, -0.2) is 4.39 Å². The van der Waals surface area contributed by atoms with Gasteiger partial charge in [-0.15, -0.1) is 0 Å². The molecular weight excluding hydrogens is 277 g/mol. The highest BCUT2D eigenvalue weighted by atomic mass is 35.5. The number of hydrogen-bond acceptors (Lipinski definition) is 3. The largest absolute Gasteiger partial charge is 0.398 e. The van der Waals surface area contributed by atoms with Crippen LogP contribution >= 0.6 is 11.6 Å². The molecule has 3 rings (SSSR count). The molecule has 0 aliphatic carbocycles. The van der Waals surface area contributed by atoms with Gasteiger partial charge in [0.15, 0.2) is 0 Å². The van der Waals surface area contributed by atoms with Crippen molar-refractivity contribution in [1.82, 2.24) is 4.98 Å². The zero-order chi connectivity index (χ0) is 14.1. The van der Waals surface area contributed by atoms with E-state index in [2.05, 4.69) is 10.3 Å². The van der Waals surface area contributed by atoms with Gasteiger partial charge in [-0.1, -0.05) is 11.6 Å². The molecule has 0 atom stereocenters. The van der Waals surface area contributed by atoms with Gasteiger partial charge in [0.1, 0.15) is 5.82 Å². The second-order valence-electron chi connectivity index (χ2n) is 4.38. The van der Waals surface area contributed by atoms with Crippen molar-refractivity contribution in [3.63, 3.8) is 0 Å². The zero-order valence-corrected chi connectivity index (χ0v) is 11.2. The van der Waals surface area contributed by atoms with Crippen LogP contribution in [0.25, 0.3) is 10.8 Å². The number of nitrogens with one attached hydrogen (secondary N) is 1. The Morgan fingerprint density at radius 1 is 1.10 bits per heavy atom. The fraction of sp³-hybridized carbons (Fsp3) is 0. The molecule has 20 heavy (non-hydrogen) atoms. The Bertz CT molecular complexity index is 789. The van der Waals surface area contributed by atoms with Crippen LogP contribution in [0.15, 0.2) is 48.8 Å². The van der Waals surface area contributed by atoms with Crippen molar-refractivity contribution in [3.05, 3.63) is 59.6 Å². The normalized spacial score (nSPS) is 10.7. The summed E-state index contributed by atoms with van der Waals surface area (Å²) in [5.74, 6) is -0.460. The molecule has 0 unspecified atom stereocenters. The number of aromatic nitrogens is 1. The van der Waals surface area contributed by atoms with Gasteiger partial charge in [-0.3, -0.25) is 4.98 Å². The van der Waals surface area contributed by atoms with E-state index in [1.807, 2.05) is 12.1 Å². The summed E-state index contributed by atoms with van der Waals surface area (Å²) in [5, 5.41) is 5.04. The first-order valence-corrected chi connectivity index (χ1v) is 6.37. The number of pyridine rings is 1. The predicted octanol–water partition coefficient (Wildman–Crippen LogP) is 4.35. The minimum Gasteiger partial charge on any atom is -0.398 e. The Labute approximate surface area is 120 Å². The second-order valence-corrected chi connectivity index (χ2v) is 4.78. The highest BCUT2D eigenvalue weighted by Gasteiger charge is 2.06. The van der Waals surface area contributed by atoms with Gasteiger partial charge in [0.2, 0.25) is 0 Å². The minimum absolute atomic E-state index is 0.0990. The monoisotopic (exact) mass is 287 g/mol. The van der Waals surface area contributed by atoms with E-state index in [4.69, 9.17) is 17.3 Å². The van der Waals surface area contributed by atoms with Crippen LogP contribution in [-0.2, 0) is 0 Å². The number of nitrogens with zero attached hydrogens (tertiary/aromatic N) is 1. The Morgan fingerprint density at radius 2 is 1.95 bits per heavy atom. The second kappa shape index (κ2) is 4.98. The summed E-state index contributed by atoms with van der Waals surface area (Å²) in [6, 6.07) is 10.1. The molecule has 100 valence electrons. The van der Waals surface area contributed by atoms with Crippen molar-refractivity contribution in [3.8, 4) is 0 Å². The van der Waals surface area contributed by atoms with E-state index in [0.717, 1.165) is 16.5 Å². The van der Waals surface area contributed by atoms with Crippen molar-refractivity contribution in [2.24, 2.45) is 0 Å². The Hall–Kier alpha value is -2.33. The lowest BCUT2D eigenvalue weighted by Crippen LogP contribution is -1.95. The molecule has 0 bridgehead atoms. The zero-order valence-electron chi connectivity index (χ0n) is 10.4. The lowest BCUT2D eigenvalue weighted by molar-refractivity contribution is 0.629. The Kier molecular flexibility index (Phi) is 3.16. The lowest BCUT2D eigenvalue weighted by Gasteiger charge is -2.11. The maximum absolute atomic E-state index is 13.5. The van der Waals surface area contributed by atoms with E-state index in [-0.39, 0.29) is 5.02 Å². The molecule has 0 saturated heterocycles. The van der Waals surface area contributed by atoms with E-state index in [0.29, 0.717) is 11.4 Å². The summed E-state index contributed by atoms with van der Waals surface area (Å²) in [6.45, 7) is 0. The third kappa shape index (κ3) is 2.26. The molecule has 0 amide bonds. The molecule has 0 aliphatic heterocycles. The highest BCUT2D eigenvalue weighted by Crippen LogP contribution is 2.30. The number of hydrogen-bond donors (Lipinski definition) is 2. The van der Waals surface area contributed by atoms with Crippen LogP contribution in [0.1, 0.15) is 0 Å². The molecule has 1 aromatic heterocycles. The summed E-state index contributed by atoms with van der Waals surface area (Å²) in [4.78, 5) is 4.06. The van der Waals surface area contributed by atoms with Crippen molar-refractivity contribution in [1.29, 1.82) is 0 Å². The van der Waals surface area contributed by atoms with Crippen LogP contribution in [0.2, 0.25) is 5.02 Å². The van der Waals surface area contributed by atoms with Gasteiger partial charge in [0.25, 0.3) is 0 Å². The van der Waals surface area contributed by atoms with Crippen molar-refractivity contribution < 1.29 is 4.39 Å². The van der Waals surface area contributed by atoms with Crippen LogP contribution in [0.3, 0.4) is 0 Å². The van der Waals surface area contributed by atoms with E-state index in [9.17, 15) is 4.39 Å². The van der Waals surface area contributed by atoms with Crippen molar-refractivity contribution in [2.75, 3.05) is 11.1 Å².